The first-order chi connectivity index (χ1) is 11.5. The first-order valence-corrected chi connectivity index (χ1v) is 8.81. The van der Waals surface area contributed by atoms with Crippen molar-refractivity contribution in [1.29, 1.82) is 0 Å². The second-order valence-corrected chi connectivity index (χ2v) is 7.42. The van der Waals surface area contributed by atoms with Crippen molar-refractivity contribution in [3.8, 4) is 0 Å². The van der Waals surface area contributed by atoms with E-state index in [1.165, 1.54) is 23.3 Å². The van der Waals surface area contributed by atoms with Gasteiger partial charge in [0.1, 0.15) is 11.5 Å². The summed E-state index contributed by atoms with van der Waals surface area (Å²) in [6.07, 6.45) is 6.36. The van der Waals surface area contributed by atoms with Crippen LogP contribution in [0.25, 0.3) is 0 Å². The van der Waals surface area contributed by atoms with Crippen molar-refractivity contribution in [2.45, 2.75) is 39.7 Å². The first-order valence-electron chi connectivity index (χ1n) is 7.99. The first kappa shape index (κ1) is 16.7. The van der Waals surface area contributed by atoms with E-state index in [0.29, 0.717) is 16.5 Å². The summed E-state index contributed by atoms with van der Waals surface area (Å²) in [4.78, 5) is 25.7. The molecule has 1 unspecified atom stereocenters. The van der Waals surface area contributed by atoms with Crippen molar-refractivity contribution in [1.82, 2.24) is 9.78 Å². The third-order valence-electron chi connectivity index (χ3n) is 4.22. The Bertz CT molecular complexity index is 778. The van der Waals surface area contributed by atoms with Crippen LogP contribution in [0, 0.1) is 12.8 Å². The maximum Gasteiger partial charge on any atom is 0.341 e. The summed E-state index contributed by atoms with van der Waals surface area (Å²) in [5, 5.41) is 7.58. The van der Waals surface area contributed by atoms with E-state index in [4.69, 9.17) is 4.74 Å². The summed E-state index contributed by atoms with van der Waals surface area (Å²) in [6.45, 7) is 4.25. The fourth-order valence-electron chi connectivity index (χ4n) is 3.02. The van der Waals surface area contributed by atoms with Crippen LogP contribution in [0.5, 0.6) is 0 Å². The number of rotatable bonds is 4. The Balaban J connectivity index is 1.84. The summed E-state index contributed by atoms with van der Waals surface area (Å²) < 4.78 is 6.51. The van der Waals surface area contributed by atoms with Crippen LogP contribution in [0.2, 0.25) is 0 Å². The highest BCUT2D eigenvalue weighted by molar-refractivity contribution is 7.17. The minimum absolute atomic E-state index is 0.118. The number of carbonyl (C=O) groups is 2. The molecule has 24 heavy (non-hydrogen) atoms. The molecule has 3 rings (SSSR count). The predicted molar refractivity (Wildman–Crippen MR) is 92.4 cm³/mol. The number of ether oxygens (including phenoxy) is 1. The van der Waals surface area contributed by atoms with Gasteiger partial charge in [-0.05, 0) is 43.2 Å². The molecule has 7 heteroatoms. The van der Waals surface area contributed by atoms with Gasteiger partial charge in [-0.25, -0.2) is 4.79 Å². The fourth-order valence-corrected chi connectivity index (χ4v) is 4.44. The lowest BCUT2D eigenvalue weighted by Crippen LogP contribution is -2.20. The second kappa shape index (κ2) is 6.76. The van der Waals surface area contributed by atoms with E-state index >= 15 is 0 Å². The van der Waals surface area contributed by atoms with Gasteiger partial charge in [0.15, 0.2) is 0 Å². The van der Waals surface area contributed by atoms with E-state index < -0.39 is 0 Å². The van der Waals surface area contributed by atoms with Crippen LogP contribution in [0.15, 0.2) is 12.4 Å². The number of amides is 1. The van der Waals surface area contributed by atoms with Crippen LogP contribution >= 0.6 is 11.3 Å². The van der Waals surface area contributed by atoms with E-state index in [9.17, 15) is 9.59 Å². The second-order valence-electron chi connectivity index (χ2n) is 6.31. The summed E-state index contributed by atoms with van der Waals surface area (Å²) in [7, 11) is 1.37. The van der Waals surface area contributed by atoms with Crippen molar-refractivity contribution >= 4 is 28.2 Å². The number of anilines is 1. The molecule has 0 aromatic carbocycles. The number of fused-ring (bicyclic) bond motifs is 1. The SMILES string of the molecule is COC(=O)c1c(NC(=O)Cn2cc(C)cn2)sc2c1CCC(C)C2. The van der Waals surface area contributed by atoms with E-state index in [2.05, 4.69) is 17.3 Å². The van der Waals surface area contributed by atoms with Gasteiger partial charge < -0.3 is 10.1 Å². The highest BCUT2D eigenvalue weighted by atomic mass is 32.1. The molecule has 0 saturated carbocycles. The van der Waals surface area contributed by atoms with Gasteiger partial charge in [0.05, 0.1) is 18.9 Å². The van der Waals surface area contributed by atoms with Gasteiger partial charge in [0.25, 0.3) is 0 Å². The maximum absolute atomic E-state index is 12.3. The predicted octanol–water partition coefficient (Wildman–Crippen LogP) is 2.80. The van der Waals surface area contributed by atoms with Gasteiger partial charge >= 0.3 is 5.97 Å². The average molecular weight is 347 g/mol. The molecule has 0 aliphatic heterocycles. The van der Waals surface area contributed by atoms with Crippen LogP contribution in [0.1, 0.15) is 39.7 Å². The minimum Gasteiger partial charge on any atom is -0.465 e. The molecule has 1 aliphatic carbocycles. The number of nitrogens with zero attached hydrogens (tertiary/aromatic N) is 2. The number of aromatic nitrogens is 2. The Labute approximate surface area is 144 Å². The molecule has 0 spiro atoms. The van der Waals surface area contributed by atoms with E-state index in [0.717, 1.165) is 30.4 Å². The number of aryl methyl sites for hydroxylation is 1. The summed E-state index contributed by atoms with van der Waals surface area (Å²) in [6, 6.07) is 0. The number of hydrogen-bond acceptors (Lipinski definition) is 5. The highest BCUT2D eigenvalue weighted by Gasteiger charge is 2.28. The topological polar surface area (TPSA) is 73.2 Å². The Morgan fingerprint density at radius 1 is 1.50 bits per heavy atom. The molecule has 2 aromatic rings. The Morgan fingerprint density at radius 2 is 2.29 bits per heavy atom. The Kier molecular flexibility index (Phi) is 4.71. The molecule has 1 N–H and O–H groups in total. The van der Waals surface area contributed by atoms with E-state index in [-0.39, 0.29) is 18.4 Å². The summed E-state index contributed by atoms with van der Waals surface area (Å²) in [5.41, 5.74) is 2.56. The molecular weight excluding hydrogens is 326 g/mol. The van der Waals surface area contributed by atoms with E-state index in [1.54, 1.807) is 10.9 Å². The molecule has 0 saturated heterocycles. The molecule has 1 aliphatic rings. The van der Waals surface area contributed by atoms with Crippen molar-refractivity contribution in [3.63, 3.8) is 0 Å². The smallest absolute Gasteiger partial charge is 0.341 e. The van der Waals surface area contributed by atoms with Crippen LogP contribution in [0.4, 0.5) is 5.00 Å². The van der Waals surface area contributed by atoms with Crippen molar-refractivity contribution in [2.75, 3.05) is 12.4 Å². The van der Waals surface area contributed by atoms with Gasteiger partial charge in [-0.15, -0.1) is 11.3 Å². The molecule has 1 atom stereocenters. The normalized spacial score (nSPS) is 16.5. The lowest BCUT2D eigenvalue weighted by molar-refractivity contribution is -0.116. The van der Waals surface area contributed by atoms with Crippen LogP contribution < -0.4 is 5.32 Å². The maximum atomic E-state index is 12.3. The Hall–Kier alpha value is -2.15. The van der Waals surface area contributed by atoms with Crippen molar-refractivity contribution in [2.24, 2.45) is 5.92 Å². The minimum atomic E-state index is -0.382. The third-order valence-corrected chi connectivity index (χ3v) is 5.39. The zero-order valence-electron chi connectivity index (χ0n) is 14.1. The highest BCUT2D eigenvalue weighted by Crippen LogP contribution is 2.40. The lowest BCUT2D eigenvalue weighted by Gasteiger charge is -2.18. The zero-order chi connectivity index (χ0) is 17.3. The largest absolute Gasteiger partial charge is 0.465 e. The number of hydrogen-bond donors (Lipinski definition) is 1. The standard InChI is InChI=1S/C17H21N3O3S/c1-10-4-5-12-13(6-10)24-16(15(12)17(22)23-3)19-14(21)9-20-8-11(2)7-18-20/h7-8,10H,4-6,9H2,1-3H3,(H,19,21). The van der Waals surface area contributed by atoms with Gasteiger partial charge in [-0.2, -0.15) is 5.10 Å². The fraction of sp³-hybridized carbons (Fsp3) is 0.471. The quantitative estimate of drug-likeness (QED) is 0.863. The number of thiophene rings is 1. The van der Waals surface area contributed by atoms with E-state index in [1.807, 2.05) is 13.1 Å². The van der Waals surface area contributed by atoms with Gasteiger partial charge in [0, 0.05) is 11.1 Å². The Morgan fingerprint density at radius 3 is 2.96 bits per heavy atom. The molecular formula is C17H21N3O3S. The molecule has 0 fully saturated rings. The molecule has 128 valence electrons. The lowest BCUT2D eigenvalue weighted by atomic mass is 9.88. The van der Waals surface area contributed by atoms with Gasteiger partial charge in [-0.1, -0.05) is 6.92 Å². The van der Waals surface area contributed by atoms with Crippen LogP contribution in [-0.2, 0) is 28.9 Å². The van der Waals surface area contributed by atoms with Gasteiger partial charge in [-0.3, -0.25) is 9.48 Å². The van der Waals surface area contributed by atoms with Crippen molar-refractivity contribution < 1.29 is 14.3 Å². The monoisotopic (exact) mass is 347 g/mol. The molecule has 1 amide bonds. The number of nitrogens with one attached hydrogen (secondary N) is 1. The summed E-state index contributed by atoms with van der Waals surface area (Å²) >= 11 is 1.49. The number of esters is 1. The third kappa shape index (κ3) is 3.36. The van der Waals surface area contributed by atoms with Gasteiger partial charge in [0.2, 0.25) is 5.91 Å². The van der Waals surface area contributed by atoms with Crippen molar-refractivity contribution in [3.05, 3.63) is 34.0 Å². The molecule has 2 heterocycles. The van der Waals surface area contributed by atoms with Crippen LogP contribution in [0.3, 0.4) is 0 Å². The molecule has 2 aromatic heterocycles. The number of methoxy groups -OCH3 is 1. The average Bonchev–Trinajstić information content (AvgIpc) is 3.09. The molecule has 0 radical (unpaired) electrons. The summed E-state index contributed by atoms with van der Waals surface area (Å²) in [5.74, 6) is 0.0134. The zero-order valence-corrected chi connectivity index (χ0v) is 14.9. The molecule has 0 bridgehead atoms. The molecule has 6 nitrogen and oxygen atoms in total. The number of carbonyl (C=O) groups excluding carboxylic acids is 2. The van der Waals surface area contributed by atoms with Crippen LogP contribution in [-0.4, -0.2) is 28.8 Å².